The van der Waals surface area contributed by atoms with Crippen LogP contribution in [-0.2, 0) is 34.0 Å². The lowest BCUT2D eigenvalue weighted by atomic mass is 10.3. The van der Waals surface area contributed by atoms with Gasteiger partial charge in [0.15, 0.2) is 5.58 Å². The lowest BCUT2D eigenvalue weighted by molar-refractivity contribution is 0.308. The Bertz CT molecular complexity index is 1310. The molecule has 1 aliphatic rings. The first-order chi connectivity index (χ1) is 12.6. The summed E-state index contributed by atoms with van der Waals surface area (Å²) in [5.74, 6) is -0.593. The molecule has 0 radical (unpaired) electrons. The van der Waals surface area contributed by atoms with Crippen LogP contribution in [0.1, 0.15) is 0 Å². The van der Waals surface area contributed by atoms with Gasteiger partial charge in [-0.25, -0.2) is 26.6 Å². The van der Waals surface area contributed by atoms with Crippen molar-refractivity contribution >= 4 is 31.0 Å². The molecule has 1 saturated heterocycles. The second kappa shape index (κ2) is 5.78. The van der Waals surface area contributed by atoms with Gasteiger partial charge in [0.1, 0.15) is 0 Å². The number of sulfonamides is 1. The Balaban J connectivity index is 1.61. The van der Waals surface area contributed by atoms with Crippen molar-refractivity contribution in [3.63, 3.8) is 0 Å². The Morgan fingerprint density at radius 3 is 2.48 bits per heavy atom. The van der Waals surface area contributed by atoms with Gasteiger partial charge in [0.2, 0.25) is 25.0 Å². The molecule has 1 aliphatic heterocycles. The Morgan fingerprint density at radius 2 is 1.85 bits per heavy atom. The SMILES string of the molecule is Cn1ccnc1S(=O)(=O)C1CN(S(=O)(=O)c2ccc3oc(=O)n(C)c3c2)C1. The van der Waals surface area contributed by atoms with Gasteiger partial charge in [-0.2, -0.15) is 4.31 Å². The third-order valence-electron chi connectivity index (χ3n) is 4.69. The molecule has 0 spiro atoms. The van der Waals surface area contributed by atoms with Crippen LogP contribution in [0.4, 0.5) is 0 Å². The molecule has 3 heterocycles. The highest BCUT2D eigenvalue weighted by molar-refractivity contribution is 7.92. The number of aryl methyl sites for hydroxylation is 2. The number of hydrogen-bond donors (Lipinski definition) is 0. The lowest BCUT2D eigenvalue weighted by Crippen LogP contribution is -2.56. The number of sulfone groups is 1. The molecule has 1 aromatic carbocycles. The van der Waals surface area contributed by atoms with Crippen molar-refractivity contribution in [2.45, 2.75) is 15.3 Å². The summed E-state index contributed by atoms with van der Waals surface area (Å²) in [6.45, 7) is -0.306. The van der Waals surface area contributed by atoms with E-state index in [-0.39, 0.29) is 28.7 Å². The van der Waals surface area contributed by atoms with Crippen molar-refractivity contribution in [2.75, 3.05) is 13.1 Å². The third-order valence-corrected chi connectivity index (χ3v) is 8.59. The number of nitrogens with zero attached hydrogens (tertiary/aromatic N) is 4. The monoisotopic (exact) mass is 412 g/mol. The summed E-state index contributed by atoms with van der Waals surface area (Å²) in [7, 11) is -4.56. The Morgan fingerprint density at radius 1 is 1.15 bits per heavy atom. The first-order valence-electron chi connectivity index (χ1n) is 7.93. The second-order valence-electron chi connectivity index (χ2n) is 6.37. The van der Waals surface area contributed by atoms with Gasteiger partial charge in [-0.15, -0.1) is 0 Å². The van der Waals surface area contributed by atoms with Crippen LogP contribution in [-0.4, -0.2) is 53.6 Å². The summed E-state index contributed by atoms with van der Waals surface area (Å²) < 4.78 is 59.4. The average Bonchev–Trinajstić information content (AvgIpc) is 3.10. The molecule has 4 rings (SSSR count). The first-order valence-corrected chi connectivity index (χ1v) is 10.9. The van der Waals surface area contributed by atoms with E-state index in [4.69, 9.17) is 4.42 Å². The van der Waals surface area contributed by atoms with Crippen LogP contribution < -0.4 is 5.76 Å². The maximum Gasteiger partial charge on any atom is 0.419 e. The van der Waals surface area contributed by atoms with E-state index in [1.165, 1.54) is 46.8 Å². The minimum absolute atomic E-state index is 0.0285. The summed E-state index contributed by atoms with van der Waals surface area (Å²) in [6.07, 6.45) is 2.90. The van der Waals surface area contributed by atoms with E-state index in [9.17, 15) is 21.6 Å². The fraction of sp³-hybridized carbons (Fsp3) is 0.333. The number of aromatic nitrogens is 3. The maximum absolute atomic E-state index is 12.8. The standard InChI is InChI=1S/C15H16N4O6S2/c1-17-6-5-16-14(17)26(21,22)11-8-19(9-11)27(23,24)10-3-4-13-12(7-10)18(2)15(20)25-13/h3-7,11H,8-9H2,1-2H3. The number of fused-ring (bicyclic) bond motifs is 1. The van der Waals surface area contributed by atoms with E-state index in [0.717, 1.165) is 4.31 Å². The summed E-state index contributed by atoms with van der Waals surface area (Å²) in [5, 5.41) is -0.935. The van der Waals surface area contributed by atoms with Crippen LogP contribution in [0.3, 0.4) is 0 Å². The number of benzene rings is 1. The molecule has 2 aromatic heterocycles. The molecule has 3 aromatic rings. The van der Waals surface area contributed by atoms with Crippen LogP contribution in [0, 0.1) is 0 Å². The van der Waals surface area contributed by atoms with E-state index in [1.807, 2.05) is 0 Å². The molecular formula is C15H16N4O6S2. The van der Waals surface area contributed by atoms with E-state index < -0.39 is 30.9 Å². The fourth-order valence-electron chi connectivity index (χ4n) is 2.98. The zero-order valence-electron chi connectivity index (χ0n) is 14.4. The molecule has 0 saturated carbocycles. The number of oxazole rings is 1. The number of rotatable bonds is 4. The molecular weight excluding hydrogens is 396 g/mol. The minimum atomic E-state index is -3.89. The second-order valence-corrected chi connectivity index (χ2v) is 10.4. The van der Waals surface area contributed by atoms with E-state index in [0.29, 0.717) is 5.52 Å². The van der Waals surface area contributed by atoms with Crippen LogP contribution in [0.2, 0.25) is 0 Å². The molecule has 10 nitrogen and oxygen atoms in total. The summed E-state index contributed by atoms with van der Waals surface area (Å²) in [4.78, 5) is 15.4. The lowest BCUT2D eigenvalue weighted by Gasteiger charge is -2.37. The predicted molar refractivity (Wildman–Crippen MR) is 94.4 cm³/mol. The summed E-state index contributed by atoms with van der Waals surface area (Å²) in [6, 6.07) is 4.09. The summed E-state index contributed by atoms with van der Waals surface area (Å²) >= 11 is 0. The van der Waals surface area contributed by atoms with Crippen molar-refractivity contribution < 1.29 is 21.3 Å². The average molecular weight is 412 g/mol. The normalized spacial score (nSPS) is 16.7. The van der Waals surface area contributed by atoms with Crippen LogP contribution in [0.15, 0.2) is 49.9 Å². The molecule has 144 valence electrons. The van der Waals surface area contributed by atoms with E-state index >= 15 is 0 Å². The molecule has 0 N–H and O–H groups in total. The van der Waals surface area contributed by atoms with Crippen LogP contribution >= 0.6 is 0 Å². The maximum atomic E-state index is 12.8. The number of imidazole rings is 1. The molecule has 0 amide bonds. The Labute approximate surface area is 154 Å². The predicted octanol–water partition coefficient (Wildman–Crippen LogP) is -0.288. The highest BCUT2D eigenvalue weighted by Crippen LogP contribution is 2.29. The van der Waals surface area contributed by atoms with E-state index in [2.05, 4.69) is 4.98 Å². The van der Waals surface area contributed by atoms with Crippen LogP contribution in [0.25, 0.3) is 11.1 Å². The molecule has 0 aliphatic carbocycles. The minimum Gasteiger partial charge on any atom is -0.408 e. The van der Waals surface area contributed by atoms with Gasteiger partial charge < -0.3 is 8.98 Å². The third kappa shape index (κ3) is 2.63. The molecule has 0 bridgehead atoms. The molecule has 1 fully saturated rings. The van der Waals surface area contributed by atoms with Gasteiger partial charge in [-0.1, -0.05) is 0 Å². The van der Waals surface area contributed by atoms with Gasteiger partial charge in [-0.05, 0) is 18.2 Å². The Kier molecular flexibility index (Phi) is 3.84. The molecule has 27 heavy (non-hydrogen) atoms. The topological polar surface area (TPSA) is 124 Å². The smallest absolute Gasteiger partial charge is 0.408 e. The van der Waals surface area contributed by atoms with Gasteiger partial charge in [0, 0.05) is 39.6 Å². The van der Waals surface area contributed by atoms with Crippen molar-refractivity contribution in [2.24, 2.45) is 14.1 Å². The van der Waals surface area contributed by atoms with Gasteiger partial charge in [0.05, 0.1) is 15.7 Å². The van der Waals surface area contributed by atoms with Gasteiger partial charge >= 0.3 is 5.76 Å². The highest BCUT2D eigenvalue weighted by Gasteiger charge is 2.45. The fourth-order valence-corrected chi connectivity index (χ4v) is 6.44. The van der Waals surface area contributed by atoms with Gasteiger partial charge in [-0.3, -0.25) is 4.57 Å². The Hall–Kier alpha value is -2.44. The van der Waals surface area contributed by atoms with Crippen LogP contribution in [0.5, 0.6) is 0 Å². The number of hydrogen-bond acceptors (Lipinski definition) is 7. The highest BCUT2D eigenvalue weighted by atomic mass is 32.2. The van der Waals surface area contributed by atoms with Crippen molar-refractivity contribution in [1.29, 1.82) is 0 Å². The zero-order valence-corrected chi connectivity index (χ0v) is 16.1. The largest absolute Gasteiger partial charge is 0.419 e. The molecule has 0 unspecified atom stereocenters. The summed E-state index contributed by atoms with van der Waals surface area (Å²) in [5.41, 5.74) is 0.624. The molecule has 12 heteroatoms. The quantitative estimate of drug-likeness (QED) is 0.577. The van der Waals surface area contributed by atoms with Gasteiger partial charge in [0.25, 0.3) is 0 Å². The van der Waals surface area contributed by atoms with Crippen molar-refractivity contribution in [3.05, 3.63) is 41.1 Å². The first kappa shape index (κ1) is 17.9. The van der Waals surface area contributed by atoms with E-state index in [1.54, 1.807) is 7.05 Å². The van der Waals surface area contributed by atoms with Crippen molar-refractivity contribution in [3.8, 4) is 0 Å². The zero-order chi connectivity index (χ0) is 19.6. The van der Waals surface area contributed by atoms with Crippen molar-refractivity contribution in [1.82, 2.24) is 18.4 Å². The molecule has 0 atom stereocenters.